The summed E-state index contributed by atoms with van der Waals surface area (Å²) in [6.45, 7) is 0.168. The lowest BCUT2D eigenvalue weighted by molar-refractivity contribution is 0.0464. The van der Waals surface area contributed by atoms with Gasteiger partial charge in [-0.05, 0) is 18.2 Å². The van der Waals surface area contributed by atoms with E-state index in [1.807, 2.05) is 24.3 Å². The molecule has 0 saturated carbocycles. The van der Waals surface area contributed by atoms with Crippen LogP contribution in [0.3, 0.4) is 0 Å². The monoisotopic (exact) mass is 350 g/mol. The standard InChI is InChI=1S/C16H15BrO4/c1-19-13-8-5-9-14(20-2)15(13)16(18)21-10-11-6-3-4-7-12(11)17/h3-9H,10H2,1-2H3. The Kier molecular flexibility index (Phi) is 5.22. The molecule has 2 aromatic carbocycles. The van der Waals surface area contributed by atoms with E-state index < -0.39 is 5.97 Å². The summed E-state index contributed by atoms with van der Waals surface area (Å²) in [4.78, 5) is 12.3. The van der Waals surface area contributed by atoms with Gasteiger partial charge in [-0.3, -0.25) is 0 Å². The first-order chi connectivity index (χ1) is 10.2. The van der Waals surface area contributed by atoms with Crippen molar-refractivity contribution in [3.8, 4) is 11.5 Å². The Hall–Kier alpha value is -2.01. The van der Waals surface area contributed by atoms with Gasteiger partial charge in [-0.25, -0.2) is 4.79 Å². The molecule has 2 aromatic rings. The summed E-state index contributed by atoms with van der Waals surface area (Å²) >= 11 is 3.42. The molecule has 0 fully saturated rings. The molecule has 0 unspecified atom stereocenters. The van der Waals surface area contributed by atoms with Gasteiger partial charge >= 0.3 is 5.97 Å². The summed E-state index contributed by atoms with van der Waals surface area (Å²) in [6, 6.07) is 12.7. The van der Waals surface area contributed by atoms with E-state index in [4.69, 9.17) is 14.2 Å². The van der Waals surface area contributed by atoms with Crippen LogP contribution in [-0.4, -0.2) is 20.2 Å². The summed E-state index contributed by atoms with van der Waals surface area (Å²) < 4.78 is 16.6. The average molecular weight is 351 g/mol. The first-order valence-electron chi connectivity index (χ1n) is 6.29. The lowest BCUT2D eigenvalue weighted by Crippen LogP contribution is -2.09. The highest BCUT2D eigenvalue weighted by atomic mass is 79.9. The number of hydrogen-bond donors (Lipinski definition) is 0. The van der Waals surface area contributed by atoms with Gasteiger partial charge < -0.3 is 14.2 Å². The molecule has 0 bridgehead atoms. The van der Waals surface area contributed by atoms with Crippen molar-refractivity contribution >= 4 is 21.9 Å². The van der Waals surface area contributed by atoms with E-state index in [2.05, 4.69) is 15.9 Å². The Morgan fingerprint density at radius 2 is 1.62 bits per heavy atom. The van der Waals surface area contributed by atoms with Crippen LogP contribution in [0.5, 0.6) is 11.5 Å². The van der Waals surface area contributed by atoms with E-state index >= 15 is 0 Å². The molecule has 0 aromatic heterocycles. The van der Waals surface area contributed by atoms with Crippen LogP contribution in [0.15, 0.2) is 46.9 Å². The van der Waals surface area contributed by atoms with Gasteiger partial charge in [0, 0.05) is 10.0 Å². The number of carbonyl (C=O) groups is 1. The zero-order valence-electron chi connectivity index (χ0n) is 11.8. The Morgan fingerprint density at radius 1 is 1.00 bits per heavy atom. The van der Waals surface area contributed by atoms with Crippen LogP contribution in [0.1, 0.15) is 15.9 Å². The summed E-state index contributed by atoms with van der Waals surface area (Å²) in [6.07, 6.45) is 0. The van der Waals surface area contributed by atoms with Crippen molar-refractivity contribution in [2.24, 2.45) is 0 Å². The second-order valence-corrected chi connectivity index (χ2v) is 5.06. The number of carbonyl (C=O) groups excluding carboxylic acids is 1. The molecule has 0 aliphatic rings. The predicted octanol–water partition coefficient (Wildman–Crippen LogP) is 3.82. The molecule has 110 valence electrons. The van der Waals surface area contributed by atoms with Crippen LogP contribution in [-0.2, 0) is 11.3 Å². The normalized spacial score (nSPS) is 10.0. The molecule has 0 spiro atoms. The van der Waals surface area contributed by atoms with E-state index in [-0.39, 0.29) is 12.2 Å². The number of benzene rings is 2. The van der Waals surface area contributed by atoms with Crippen molar-refractivity contribution in [2.75, 3.05) is 14.2 Å². The summed E-state index contributed by atoms with van der Waals surface area (Å²) in [5, 5.41) is 0. The van der Waals surface area contributed by atoms with E-state index in [1.54, 1.807) is 18.2 Å². The Labute approximate surface area is 131 Å². The minimum absolute atomic E-state index is 0.168. The van der Waals surface area contributed by atoms with Crippen molar-refractivity contribution in [2.45, 2.75) is 6.61 Å². The molecule has 0 aliphatic carbocycles. The van der Waals surface area contributed by atoms with Gasteiger partial charge in [0.05, 0.1) is 14.2 Å². The van der Waals surface area contributed by atoms with Gasteiger partial charge in [0.25, 0.3) is 0 Å². The van der Waals surface area contributed by atoms with Crippen molar-refractivity contribution in [1.82, 2.24) is 0 Å². The van der Waals surface area contributed by atoms with Gasteiger partial charge in [0.1, 0.15) is 23.7 Å². The Balaban J connectivity index is 2.19. The number of methoxy groups -OCH3 is 2. The Morgan fingerprint density at radius 3 is 2.19 bits per heavy atom. The molecular weight excluding hydrogens is 336 g/mol. The molecule has 0 amide bonds. The molecule has 5 heteroatoms. The SMILES string of the molecule is COc1cccc(OC)c1C(=O)OCc1ccccc1Br. The molecule has 0 atom stereocenters. The van der Waals surface area contributed by atoms with Crippen molar-refractivity contribution in [3.05, 3.63) is 58.1 Å². The molecule has 0 N–H and O–H groups in total. The topological polar surface area (TPSA) is 44.8 Å². The molecule has 0 saturated heterocycles. The van der Waals surface area contributed by atoms with Crippen molar-refractivity contribution < 1.29 is 19.0 Å². The number of rotatable bonds is 5. The molecule has 0 heterocycles. The third-order valence-electron chi connectivity index (χ3n) is 2.95. The van der Waals surface area contributed by atoms with Gasteiger partial charge in [-0.1, -0.05) is 40.2 Å². The fourth-order valence-electron chi connectivity index (χ4n) is 1.88. The lowest BCUT2D eigenvalue weighted by atomic mass is 10.1. The molecular formula is C16H15BrO4. The van der Waals surface area contributed by atoms with E-state index in [0.717, 1.165) is 10.0 Å². The zero-order valence-corrected chi connectivity index (χ0v) is 13.3. The first-order valence-corrected chi connectivity index (χ1v) is 7.08. The third kappa shape index (κ3) is 3.55. The second-order valence-electron chi connectivity index (χ2n) is 4.21. The van der Waals surface area contributed by atoms with Gasteiger partial charge in [0.2, 0.25) is 0 Å². The number of halogens is 1. The van der Waals surface area contributed by atoms with E-state index in [9.17, 15) is 4.79 Å². The summed E-state index contributed by atoms with van der Waals surface area (Å²) in [5.41, 5.74) is 1.18. The lowest BCUT2D eigenvalue weighted by Gasteiger charge is -2.12. The molecule has 0 aliphatic heterocycles. The highest BCUT2D eigenvalue weighted by Crippen LogP contribution is 2.29. The number of ether oxygens (including phenoxy) is 3. The number of hydrogen-bond acceptors (Lipinski definition) is 4. The maximum absolute atomic E-state index is 12.3. The van der Waals surface area contributed by atoms with Crippen molar-refractivity contribution in [1.29, 1.82) is 0 Å². The summed E-state index contributed by atoms with van der Waals surface area (Å²) in [7, 11) is 3.00. The zero-order chi connectivity index (χ0) is 15.2. The van der Waals surface area contributed by atoms with Crippen LogP contribution in [0.4, 0.5) is 0 Å². The molecule has 0 radical (unpaired) electrons. The maximum Gasteiger partial charge on any atom is 0.346 e. The first kappa shape index (κ1) is 15.4. The highest BCUT2D eigenvalue weighted by Gasteiger charge is 2.19. The van der Waals surface area contributed by atoms with Crippen LogP contribution >= 0.6 is 15.9 Å². The van der Waals surface area contributed by atoms with Gasteiger partial charge in [-0.2, -0.15) is 0 Å². The largest absolute Gasteiger partial charge is 0.496 e. The smallest absolute Gasteiger partial charge is 0.346 e. The fraction of sp³-hybridized carbons (Fsp3) is 0.188. The average Bonchev–Trinajstić information content (AvgIpc) is 2.52. The van der Waals surface area contributed by atoms with Crippen LogP contribution in [0.25, 0.3) is 0 Å². The second kappa shape index (κ2) is 7.13. The molecule has 21 heavy (non-hydrogen) atoms. The van der Waals surface area contributed by atoms with Crippen LogP contribution < -0.4 is 9.47 Å². The highest BCUT2D eigenvalue weighted by molar-refractivity contribution is 9.10. The molecule has 4 nitrogen and oxygen atoms in total. The fourth-order valence-corrected chi connectivity index (χ4v) is 2.28. The quantitative estimate of drug-likeness (QED) is 0.769. The third-order valence-corrected chi connectivity index (χ3v) is 3.72. The van der Waals surface area contributed by atoms with E-state index in [1.165, 1.54) is 14.2 Å². The minimum Gasteiger partial charge on any atom is -0.496 e. The van der Waals surface area contributed by atoms with E-state index in [0.29, 0.717) is 11.5 Å². The maximum atomic E-state index is 12.3. The van der Waals surface area contributed by atoms with Crippen LogP contribution in [0, 0.1) is 0 Å². The molecule has 2 rings (SSSR count). The van der Waals surface area contributed by atoms with Gasteiger partial charge in [-0.15, -0.1) is 0 Å². The summed E-state index contributed by atoms with van der Waals surface area (Å²) in [5.74, 6) is 0.359. The van der Waals surface area contributed by atoms with Crippen LogP contribution in [0.2, 0.25) is 0 Å². The predicted molar refractivity (Wildman–Crippen MR) is 82.8 cm³/mol. The Bertz CT molecular complexity index is 618. The number of esters is 1. The minimum atomic E-state index is -0.486. The van der Waals surface area contributed by atoms with Crippen molar-refractivity contribution in [3.63, 3.8) is 0 Å². The van der Waals surface area contributed by atoms with Gasteiger partial charge in [0.15, 0.2) is 0 Å².